The van der Waals surface area contributed by atoms with Crippen molar-refractivity contribution >= 4 is 23.6 Å². The lowest BCUT2D eigenvalue weighted by Gasteiger charge is -2.27. The third kappa shape index (κ3) is 2.37. The lowest BCUT2D eigenvalue weighted by atomic mass is 10.2. The average molecular weight is 337 g/mol. The number of aromatic nitrogens is 4. The van der Waals surface area contributed by atoms with Crippen LogP contribution in [0.15, 0.2) is 60.0 Å². The van der Waals surface area contributed by atoms with E-state index in [9.17, 15) is 9.59 Å². The molecule has 3 heterocycles. The van der Waals surface area contributed by atoms with Crippen molar-refractivity contribution in [2.75, 3.05) is 10.8 Å². The third-order valence-electron chi connectivity index (χ3n) is 3.52. The molecule has 0 fully saturated rings. The molecule has 2 amide bonds. The Hall–Kier alpha value is -3.00. The number of imide groups is 1. The van der Waals surface area contributed by atoms with Gasteiger partial charge in [-0.3, -0.25) is 14.6 Å². The molecule has 0 N–H and O–H groups in total. The number of thioether (sulfide) groups is 1. The van der Waals surface area contributed by atoms with Gasteiger partial charge in [-0.15, -0.1) is 10.2 Å². The molecule has 118 valence electrons. The molecule has 4 rings (SSSR count). The van der Waals surface area contributed by atoms with E-state index in [0.717, 1.165) is 10.6 Å². The van der Waals surface area contributed by atoms with Gasteiger partial charge in [0.15, 0.2) is 5.82 Å². The fraction of sp³-hybridized carbons (Fsp3) is 0.0625. The van der Waals surface area contributed by atoms with Crippen LogP contribution in [0.5, 0.6) is 0 Å². The highest BCUT2D eigenvalue weighted by atomic mass is 32.2. The van der Waals surface area contributed by atoms with E-state index in [2.05, 4.69) is 15.2 Å². The average Bonchev–Trinajstić information content (AvgIpc) is 3.06. The molecule has 7 nitrogen and oxygen atoms in total. The van der Waals surface area contributed by atoms with Gasteiger partial charge < -0.3 is 0 Å². The van der Waals surface area contributed by atoms with Crippen LogP contribution in [0.4, 0.5) is 0 Å². The first kappa shape index (κ1) is 14.6. The summed E-state index contributed by atoms with van der Waals surface area (Å²) < 4.78 is 1.48. The van der Waals surface area contributed by atoms with E-state index < -0.39 is 5.91 Å². The molecule has 0 spiro atoms. The Morgan fingerprint density at radius 2 is 1.79 bits per heavy atom. The number of hydrogen-bond donors (Lipinski definition) is 0. The molecule has 0 atom stereocenters. The summed E-state index contributed by atoms with van der Waals surface area (Å²) in [5.41, 5.74) is 1.16. The summed E-state index contributed by atoms with van der Waals surface area (Å²) in [6, 6.07) is 12.5. The molecule has 0 aliphatic carbocycles. The molecule has 0 saturated heterocycles. The first-order valence-corrected chi connectivity index (χ1v) is 8.15. The van der Waals surface area contributed by atoms with Gasteiger partial charge in [-0.25, -0.2) is 0 Å². The van der Waals surface area contributed by atoms with Crippen molar-refractivity contribution in [1.82, 2.24) is 19.9 Å². The minimum absolute atomic E-state index is 0.143. The number of rotatable bonds is 2. The summed E-state index contributed by atoms with van der Waals surface area (Å²) in [4.78, 5) is 29.2. The van der Waals surface area contributed by atoms with Gasteiger partial charge in [-0.2, -0.15) is 9.69 Å². The number of benzene rings is 1. The smallest absolute Gasteiger partial charge is 0.272 e. The molecule has 1 aromatic carbocycles. The van der Waals surface area contributed by atoms with Crippen molar-refractivity contribution in [3.05, 3.63) is 60.4 Å². The normalized spacial score (nSPS) is 13.7. The van der Waals surface area contributed by atoms with Gasteiger partial charge in [0.05, 0.1) is 5.75 Å². The monoisotopic (exact) mass is 337 g/mol. The lowest BCUT2D eigenvalue weighted by Crippen LogP contribution is -2.49. The first-order chi connectivity index (χ1) is 11.8. The Morgan fingerprint density at radius 1 is 1.04 bits per heavy atom. The predicted octanol–water partition coefficient (Wildman–Crippen LogP) is 1.75. The van der Waals surface area contributed by atoms with Gasteiger partial charge in [0.25, 0.3) is 11.8 Å². The maximum absolute atomic E-state index is 12.8. The summed E-state index contributed by atoms with van der Waals surface area (Å²) in [5.74, 6) is -0.148. The minimum Gasteiger partial charge on any atom is -0.272 e. The molecular formula is C16H11N5O2S. The summed E-state index contributed by atoms with van der Waals surface area (Å²) in [5, 5.41) is 9.88. The van der Waals surface area contributed by atoms with Crippen LogP contribution >= 0.6 is 11.8 Å². The number of hydrogen-bond acceptors (Lipinski definition) is 6. The van der Waals surface area contributed by atoms with Crippen LogP contribution in [0.2, 0.25) is 0 Å². The molecule has 2 aromatic heterocycles. The van der Waals surface area contributed by atoms with Gasteiger partial charge in [0, 0.05) is 23.5 Å². The van der Waals surface area contributed by atoms with Crippen molar-refractivity contribution in [2.24, 2.45) is 0 Å². The number of nitrogens with zero attached hydrogens (tertiary/aromatic N) is 5. The summed E-state index contributed by atoms with van der Waals surface area (Å²) in [6.45, 7) is 0. The second kappa shape index (κ2) is 5.89. The fourth-order valence-electron chi connectivity index (χ4n) is 2.42. The molecule has 1 aliphatic rings. The van der Waals surface area contributed by atoms with Gasteiger partial charge in [-0.05, 0) is 12.1 Å². The Bertz CT molecular complexity index is 911. The second-order valence-corrected chi connectivity index (χ2v) is 5.96. The molecule has 0 radical (unpaired) electrons. The number of carbonyl (C=O) groups is 2. The van der Waals surface area contributed by atoms with Crippen LogP contribution in [0, 0.1) is 0 Å². The van der Waals surface area contributed by atoms with E-state index >= 15 is 0 Å². The van der Waals surface area contributed by atoms with Crippen molar-refractivity contribution in [3.8, 4) is 11.4 Å². The highest BCUT2D eigenvalue weighted by Crippen LogP contribution is 2.28. The quantitative estimate of drug-likeness (QED) is 0.663. The largest absolute Gasteiger partial charge is 0.280 e. The molecule has 0 saturated carbocycles. The highest BCUT2D eigenvalue weighted by molar-refractivity contribution is 7.99. The Morgan fingerprint density at radius 3 is 2.54 bits per heavy atom. The summed E-state index contributed by atoms with van der Waals surface area (Å²) in [6.07, 6.45) is 3.03. The van der Waals surface area contributed by atoms with Crippen molar-refractivity contribution in [2.45, 2.75) is 5.16 Å². The summed E-state index contributed by atoms with van der Waals surface area (Å²) in [7, 11) is 0. The van der Waals surface area contributed by atoms with Crippen LogP contribution in [0.3, 0.4) is 0 Å². The number of fused-ring (bicyclic) bond motifs is 1. The molecule has 3 aromatic rings. The maximum atomic E-state index is 12.8. The topological polar surface area (TPSA) is 81.0 Å². The van der Waals surface area contributed by atoms with Gasteiger partial charge in [-0.1, -0.05) is 42.1 Å². The van der Waals surface area contributed by atoms with E-state index in [-0.39, 0.29) is 11.7 Å². The van der Waals surface area contributed by atoms with Crippen molar-refractivity contribution < 1.29 is 9.59 Å². The van der Waals surface area contributed by atoms with E-state index in [4.69, 9.17) is 0 Å². The first-order valence-electron chi connectivity index (χ1n) is 7.17. The maximum Gasteiger partial charge on any atom is 0.280 e. The molecule has 24 heavy (non-hydrogen) atoms. The minimum atomic E-state index is -0.430. The van der Waals surface area contributed by atoms with E-state index in [1.807, 2.05) is 30.3 Å². The number of pyridine rings is 1. The van der Waals surface area contributed by atoms with Gasteiger partial charge in [0.2, 0.25) is 5.16 Å². The van der Waals surface area contributed by atoms with Crippen LogP contribution in [-0.4, -0.2) is 37.4 Å². The molecular weight excluding hydrogens is 326 g/mol. The zero-order valence-corrected chi connectivity index (χ0v) is 13.2. The van der Waals surface area contributed by atoms with Crippen LogP contribution < -0.4 is 5.01 Å². The number of carbonyl (C=O) groups excluding carboxylic acids is 2. The van der Waals surface area contributed by atoms with Crippen LogP contribution in [-0.2, 0) is 4.79 Å². The van der Waals surface area contributed by atoms with Gasteiger partial charge in [0.1, 0.15) is 0 Å². The third-order valence-corrected chi connectivity index (χ3v) is 4.43. The van der Waals surface area contributed by atoms with Crippen molar-refractivity contribution in [3.63, 3.8) is 0 Å². The van der Waals surface area contributed by atoms with E-state index in [0.29, 0.717) is 16.5 Å². The van der Waals surface area contributed by atoms with E-state index in [1.54, 1.807) is 12.1 Å². The zero-order valence-electron chi connectivity index (χ0n) is 12.4. The highest BCUT2D eigenvalue weighted by Gasteiger charge is 2.34. The standard InChI is InChI=1S/C16H11N5O2S/c22-13-10-24-16-19-18-14(11-4-2-1-3-5-11)21(16)20(13)15(23)12-6-8-17-9-7-12/h1-9H,10H2. The molecule has 1 aliphatic heterocycles. The molecule has 0 unspecified atom stereocenters. The fourth-order valence-corrected chi connectivity index (χ4v) is 3.19. The summed E-state index contributed by atoms with van der Waals surface area (Å²) >= 11 is 1.26. The van der Waals surface area contributed by atoms with Crippen LogP contribution in [0.1, 0.15) is 10.4 Å². The van der Waals surface area contributed by atoms with Crippen LogP contribution in [0.25, 0.3) is 11.4 Å². The zero-order chi connectivity index (χ0) is 16.5. The Labute approximate surface area is 141 Å². The molecule has 8 heteroatoms. The second-order valence-electron chi connectivity index (χ2n) is 5.02. The van der Waals surface area contributed by atoms with Gasteiger partial charge >= 0.3 is 0 Å². The lowest BCUT2D eigenvalue weighted by molar-refractivity contribution is -0.117. The Balaban J connectivity index is 1.85. The van der Waals surface area contributed by atoms with Crippen molar-refractivity contribution in [1.29, 1.82) is 0 Å². The Kier molecular flexibility index (Phi) is 3.58. The molecule has 0 bridgehead atoms. The van der Waals surface area contributed by atoms with E-state index in [1.165, 1.54) is 28.8 Å². The predicted molar refractivity (Wildman–Crippen MR) is 88.0 cm³/mol. The number of amides is 2. The SMILES string of the molecule is O=C1CSc2nnc(-c3ccccc3)n2N1C(=O)c1ccncc1.